The number of aromatic nitrogens is 2. The molecule has 0 fully saturated rings. The smallest absolute Gasteiger partial charge is 0.129 e. The van der Waals surface area contributed by atoms with E-state index >= 15 is 0 Å². The van der Waals surface area contributed by atoms with Gasteiger partial charge in [0.25, 0.3) is 0 Å². The van der Waals surface area contributed by atoms with Gasteiger partial charge in [0, 0.05) is 5.69 Å². The molecule has 3 aromatic rings. The van der Waals surface area contributed by atoms with Crippen molar-refractivity contribution in [3.63, 3.8) is 0 Å². The van der Waals surface area contributed by atoms with Crippen LogP contribution in [0.1, 0.15) is 17.0 Å². The SMILES string of the molecule is Cc1ccc(-n2c(CCl)nc3cccc(Cl)c32)cc1C. The van der Waals surface area contributed by atoms with Crippen LogP contribution in [0.25, 0.3) is 16.7 Å². The fourth-order valence-corrected chi connectivity index (χ4v) is 2.80. The third kappa shape index (κ3) is 2.09. The van der Waals surface area contributed by atoms with Crippen LogP contribution in [-0.4, -0.2) is 9.55 Å². The van der Waals surface area contributed by atoms with Gasteiger partial charge in [0.15, 0.2) is 0 Å². The van der Waals surface area contributed by atoms with Crippen LogP contribution in [0.15, 0.2) is 36.4 Å². The minimum Gasteiger partial charge on any atom is -0.294 e. The van der Waals surface area contributed by atoms with Crippen LogP contribution in [-0.2, 0) is 5.88 Å². The Morgan fingerprint density at radius 2 is 1.90 bits per heavy atom. The van der Waals surface area contributed by atoms with Crippen molar-refractivity contribution in [2.24, 2.45) is 0 Å². The van der Waals surface area contributed by atoms with Gasteiger partial charge in [-0.2, -0.15) is 0 Å². The van der Waals surface area contributed by atoms with E-state index < -0.39 is 0 Å². The summed E-state index contributed by atoms with van der Waals surface area (Å²) in [5.41, 5.74) is 5.31. The molecular formula is C16H14Cl2N2. The summed E-state index contributed by atoms with van der Waals surface area (Å²) in [6.07, 6.45) is 0. The minimum absolute atomic E-state index is 0.345. The van der Waals surface area contributed by atoms with Gasteiger partial charge in [0.05, 0.1) is 21.9 Å². The molecule has 0 amide bonds. The topological polar surface area (TPSA) is 17.8 Å². The number of hydrogen-bond donors (Lipinski definition) is 0. The minimum atomic E-state index is 0.345. The third-order valence-electron chi connectivity index (χ3n) is 3.56. The van der Waals surface area contributed by atoms with Crippen molar-refractivity contribution in [1.82, 2.24) is 9.55 Å². The Balaban J connectivity index is 2.36. The van der Waals surface area contributed by atoms with Crippen LogP contribution < -0.4 is 0 Å². The van der Waals surface area contributed by atoms with Gasteiger partial charge in [-0.3, -0.25) is 4.57 Å². The van der Waals surface area contributed by atoms with Crippen LogP contribution in [0.4, 0.5) is 0 Å². The summed E-state index contributed by atoms with van der Waals surface area (Å²) in [7, 11) is 0. The summed E-state index contributed by atoms with van der Waals surface area (Å²) >= 11 is 12.4. The Labute approximate surface area is 128 Å². The number of imidazole rings is 1. The number of rotatable bonds is 2. The molecule has 102 valence electrons. The fourth-order valence-electron chi connectivity index (χ4n) is 2.37. The number of fused-ring (bicyclic) bond motifs is 1. The average Bonchev–Trinajstić information content (AvgIpc) is 2.82. The van der Waals surface area contributed by atoms with E-state index in [0.29, 0.717) is 10.9 Å². The summed E-state index contributed by atoms with van der Waals surface area (Å²) in [5, 5.41) is 0.685. The zero-order chi connectivity index (χ0) is 14.3. The normalized spacial score (nSPS) is 11.2. The summed E-state index contributed by atoms with van der Waals surface area (Å²) in [6, 6.07) is 12.0. The predicted octanol–water partition coefficient (Wildman–Crippen LogP) is 5.03. The van der Waals surface area contributed by atoms with Crippen LogP contribution >= 0.6 is 23.2 Å². The average molecular weight is 305 g/mol. The zero-order valence-corrected chi connectivity index (χ0v) is 12.8. The van der Waals surface area contributed by atoms with Gasteiger partial charge in [-0.25, -0.2) is 4.98 Å². The standard InChI is InChI=1S/C16H14Cl2N2/c1-10-6-7-12(8-11(10)2)20-15(9-17)19-14-5-3-4-13(18)16(14)20/h3-8H,9H2,1-2H3. The number of halogens is 2. The van der Waals surface area contributed by atoms with E-state index in [1.54, 1.807) is 0 Å². The number of aryl methyl sites for hydroxylation is 2. The van der Waals surface area contributed by atoms with Gasteiger partial charge in [-0.05, 0) is 49.2 Å². The molecule has 3 rings (SSSR count). The molecular weight excluding hydrogens is 291 g/mol. The third-order valence-corrected chi connectivity index (χ3v) is 4.11. The van der Waals surface area contributed by atoms with Gasteiger partial charge in [-0.1, -0.05) is 23.7 Å². The van der Waals surface area contributed by atoms with Gasteiger partial charge in [0.1, 0.15) is 5.82 Å². The van der Waals surface area contributed by atoms with Crippen molar-refractivity contribution >= 4 is 34.2 Å². The second-order valence-corrected chi connectivity index (χ2v) is 5.55. The van der Waals surface area contributed by atoms with Gasteiger partial charge < -0.3 is 0 Å². The van der Waals surface area contributed by atoms with Crippen molar-refractivity contribution in [2.75, 3.05) is 0 Å². The largest absolute Gasteiger partial charge is 0.294 e. The van der Waals surface area contributed by atoms with E-state index in [4.69, 9.17) is 23.2 Å². The predicted molar refractivity (Wildman–Crippen MR) is 85.1 cm³/mol. The van der Waals surface area contributed by atoms with Crippen LogP contribution in [0.3, 0.4) is 0 Å². The number of benzene rings is 2. The van der Waals surface area contributed by atoms with Gasteiger partial charge in [-0.15, -0.1) is 11.6 Å². The van der Waals surface area contributed by atoms with Crippen LogP contribution in [0, 0.1) is 13.8 Å². The number of nitrogens with zero attached hydrogens (tertiary/aromatic N) is 2. The van der Waals surface area contributed by atoms with Crippen molar-refractivity contribution in [1.29, 1.82) is 0 Å². The summed E-state index contributed by atoms with van der Waals surface area (Å²) in [6.45, 7) is 4.19. The molecule has 0 aliphatic heterocycles. The number of alkyl halides is 1. The maximum Gasteiger partial charge on any atom is 0.129 e. The molecule has 20 heavy (non-hydrogen) atoms. The first-order valence-corrected chi connectivity index (χ1v) is 7.32. The molecule has 0 atom stereocenters. The molecule has 0 spiro atoms. The highest BCUT2D eigenvalue weighted by molar-refractivity contribution is 6.35. The molecule has 0 bridgehead atoms. The molecule has 4 heteroatoms. The van der Waals surface area contributed by atoms with Crippen LogP contribution in [0.5, 0.6) is 0 Å². The monoisotopic (exact) mass is 304 g/mol. The van der Waals surface area contributed by atoms with Crippen LogP contribution in [0.2, 0.25) is 5.02 Å². The van der Waals surface area contributed by atoms with E-state index in [-0.39, 0.29) is 0 Å². The van der Waals surface area contributed by atoms with Gasteiger partial charge in [0.2, 0.25) is 0 Å². The maximum absolute atomic E-state index is 6.35. The van der Waals surface area contributed by atoms with E-state index in [2.05, 4.69) is 37.0 Å². The molecule has 0 aliphatic carbocycles. The first-order chi connectivity index (χ1) is 9.61. The highest BCUT2D eigenvalue weighted by Crippen LogP contribution is 2.29. The summed E-state index contributed by atoms with van der Waals surface area (Å²) in [4.78, 5) is 4.57. The first kappa shape index (κ1) is 13.5. The number of hydrogen-bond acceptors (Lipinski definition) is 1. The lowest BCUT2D eigenvalue weighted by Crippen LogP contribution is -2.00. The fraction of sp³-hybridized carbons (Fsp3) is 0.188. The van der Waals surface area contributed by atoms with E-state index in [9.17, 15) is 0 Å². The maximum atomic E-state index is 6.35. The Bertz CT molecular complexity index is 791. The molecule has 0 saturated heterocycles. The first-order valence-electron chi connectivity index (χ1n) is 6.41. The van der Waals surface area contributed by atoms with Gasteiger partial charge >= 0.3 is 0 Å². The van der Waals surface area contributed by atoms with E-state index in [1.807, 2.05) is 22.8 Å². The second-order valence-electron chi connectivity index (χ2n) is 4.87. The molecule has 1 heterocycles. The molecule has 0 aliphatic rings. The summed E-state index contributed by atoms with van der Waals surface area (Å²) in [5.74, 6) is 1.15. The van der Waals surface area contributed by atoms with Crippen molar-refractivity contribution < 1.29 is 0 Å². The van der Waals surface area contributed by atoms with Crippen molar-refractivity contribution in [3.8, 4) is 5.69 Å². The molecule has 2 nitrogen and oxygen atoms in total. The molecule has 0 saturated carbocycles. The highest BCUT2D eigenvalue weighted by Gasteiger charge is 2.14. The second kappa shape index (κ2) is 5.12. The number of para-hydroxylation sites is 1. The lowest BCUT2D eigenvalue weighted by atomic mass is 10.1. The Kier molecular flexibility index (Phi) is 3.45. The van der Waals surface area contributed by atoms with E-state index in [1.165, 1.54) is 11.1 Å². The zero-order valence-electron chi connectivity index (χ0n) is 11.3. The Hall–Kier alpha value is -1.51. The Morgan fingerprint density at radius 3 is 2.60 bits per heavy atom. The summed E-state index contributed by atoms with van der Waals surface area (Å²) < 4.78 is 2.04. The molecule has 1 aromatic heterocycles. The lowest BCUT2D eigenvalue weighted by molar-refractivity contribution is 0.978. The molecule has 0 N–H and O–H groups in total. The van der Waals surface area contributed by atoms with E-state index in [0.717, 1.165) is 22.5 Å². The molecule has 2 aromatic carbocycles. The quantitative estimate of drug-likeness (QED) is 0.607. The van der Waals surface area contributed by atoms with Crippen molar-refractivity contribution in [2.45, 2.75) is 19.7 Å². The van der Waals surface area contributed by atoms with Crippen molar-refractivity contribution in [3.05, 3.63) is 58.4 Å². The Morgan fingerprint density at radius 1 is 1.10 bits per heavy atom. The lowest BCUT2D eigenvalue weighted by Gasteiger charge is -2.11. The molecule has 0 radical (unpaired) electrons. The highest BCUT2D eigenvalue weighted by atomic mass is 35.5. The molecule has 0 unspecified atom stereocenters.